The summed E-state index contributed by atoms with van der Waals surface area (Å²) in [6.07, 6.45) is 8.05. The summed E-state index contributed by atoms with van der Waals surface area (Å²) in [7, 11) is -1.11. The Labute approximate surface area is 330 Å². The van der Waals surface area contributed by atoms with Crippen LogP contribution >= 0.6 is 0 Å². The second-order valence-corrected chi connectivity index (χ2v) is 17.1. The molecule has 11 heteroatoms. The van der Waals surface area contributed by atoms with Gasteiger partial charge in [0.2, 0.25) is 0 Å². The summed E-state index contributed by atoms with van der Waals surface area (Å²) >= 11 is 0. The van der Waals surface area contributed by atoms with E-state index in [9.17, 15) is 13.6 Å². The molecule has 0 unspecified atom stereocenters. The van der Waals surface area contributed by atoms with Crippen molar-refractivity contribution in [2.45, 2.75) is 111 Å². The summed E-state index contributed by atoms with van der Waals surface area (Å²) in [6.45, 7) is 24.6. The Hall–Kier alpha value is -4.77. The smallest absolute Gasteiger partial charge is 0.180 e. The van der Waals surface area contributed by atoms with Crippen LogP contribution in [-0.2, 0) is 16.9 Å². The van der Waals surface area contributed by atoms with Gasteiger partial charge in [-0.3, -0.25) is 4.68 Å². The second-order valence-electron chi connectivity index (χ2n) is 15.1. The number of hydrogen-bond donors (Lipinski definition) is 0. The number of ether oxygens (including phenoxy) is 2. The van der Waals surface area contributed by atoms with Crippen molar-refractivity contribution in [2.24, 2.45) is 7.05 Å². The lowest BCUT2D eigenvalue weighted by atomic mass is 10.0. The minimum Gasteiger partial charge on any atom is -0.619 e. The first kappa shape index (κ1) is 46.4. The number of sulfone groups is 1. The molecule has 0 saturated heterocycles. The minimum atomic E-state index is -3.05. The number of aromatic nitrogens is 5. The minimum absolute atomic E-state index is 0.386. The number of hydrogen-bond acceptors (Lipinski definition) is 8. The SMILES string of the molecule is CC(C)c1cc[n+]([O-])cc1.CC(C)c1ccc(S(C)(=O)=O)cc1.CC(C)c1ccc2c(c1)OCCO2.CC(C)c1ccn(C)n1.Cc1cc(C(C)C)cnn1. The molecule has 1 aliphatic rings. The fourth-order valence-corrected chi connectivity index (χ4v) is 5.51. The summed E-state index contributed by atoms with van der Waals surface area (Å²) in [5, 5.41) is 22.5. The predicted molar refractivity (Wildman–Crippen MR) is 223 cm³/mol. The number of nitrogens with zero attached hydrogens (tertiary/aromatic N) is 5. The van der Waals surface area contributed by atoms with Crippen molar-refractivity contribution < 1.29 is 22.6 Å². The molecule has 300 valence electrons. The number of benzene rings is 2. The Morgan fingerprint density at radius 2 is 1.18 bits per heavy atom. The molecule has 0 atom stereocenters. The molecule has 5 aromatic rings. The van der Waals surface area contributed by atoms with Gasteiger partial charge in [-0.05, 0) is 95.2 Å². The zero-order valence-electron chi connectivity index (χ0n) is 35.1. The average Bonchev–Trinajstić information content (AvgIpc) is 3.59. The highest BCUT2D eigenvalue weighted by Gasteiger charge is 2.12. The van der Waals surface area contributed by atoms with Crippen LogP contribution in [0.3, 0.4) is 0 Å². The first-order chi connectivity index (χ1) is 25.8. The van der Waals surface area contributed by atoms with E-state index in [1.54, 1.807) is 12.1 Å². The van der Waals surface area contributed by atoms with E-state index >= 15 is 0 Å². The van der Waals surface area contributed by atoms with Crippen molar-refractivity contribution >= 4 is 9.84 Å². The van der Waals surface area contributed by atoms with Crippen LogP contribution in [-0.4, -0.2) is 47.9 Å². The highest BCUT2D eigenvalue weighted by molar-refractivity contribution is 7.90. The van der Waals surface area contributed by atoms with E-state index in [0.717, 1.165) is 33.2 Å². The molecule has 55 heavy (non-hydrogen) atoms. The third-order valence-corrected chi connectivity index (χ3v) is 9.62. The Morgan fingerprint density at radius 3 is 1.60 bits per heavy atom. The first-order valence-electron chi connectivity index (χ1n) is 18.9. The van der Waals surface area contributed by atoms with Crippen molar-refractivity contribution in [2.75, 3.05) is 19.5 Å². The maximum absolute atomic E-state index is 11.1. The van der Waals surface area contributed by atoms with Crippen LogP contribution in [0, 0.1) is 12.1 Å². The van der Waals surface area contributed by atoms with Crippen LogP contribution in [0.5, 0.6) is 11.5 Å². The maximum atomic E-state index is 11.1. The van der Waals surface area contributed by atoms with Crippen molar-refractivity contribution in [3.63, 3.8) is 0 Å². The lowest BCUT2D eigenvalue weighted by molar-refractivity contribution is -0.605. The van der Waals surface area contributed by atoms with Gasteiger partial charge in [0.15, 0.2) is 33.7 Å². The third kappa shape index (κ3) is 17.1. The van der Waals surface area contributed by atoms with E-state index in [1.807, 2.05) is 67.4 Å². The van der Waals surface area contributed by atoms with Crippen LogP contribution in [0.4, 0.5) is 0 Å². The Balaban J connectivity index is 0.000000239. The van der Waals surface area contributed by atoms with Gasteiger partial charge in [-0.25, -0.2) is 8.42 Å². The zero-order chi connectivity index (χ0) is 41.3. The molecule has 4 heterocycles. The molecular weight excluding hydrogens is 711 g/mol. The quantitative estimate of drug-likeness (QED) is 0.124. The molecule has 0 spiro atoms. The fourth-order valence-electron chi connectivity index (χ4n) is 4.88. The molecule has 2 aromatic carbocycles. The molecule has 6 rings (SSSR count). The molecule has 0 bridgehead atoms. The number of rotatable bonds is 6. The lowest BCUT2D eigenvalue weighted by Gasteiger charge is -2.19. The maximum Gasteiger partial charge on any atom is 0.180 e. The standard InChI is InChI=1S/C11H14O2.C10H14O2S.C8H12N2.C8H11NO.C7H12N2/c1-8(2)9-3-4-10-11(7-9)13-6-5-12-10;1-8(2)9-4-6-10(7-5-9)13(3,11)12;1-6(2)8-4-7(3)10-9-5-8;1-7(2)8-3-5-9(10)6-4-8;1-6(2)7-4-5-9(3)8-7/h3-4,7-8H,5-6H2,1-2H3;4-8H,1-3H3;4-6H,1-3H3;3-7H,1-2H3;4-6H,1-3H3. The molecule has 0 saturated carbocycles. The van der Waals surface area contributed by atoms with Gasteiger partial charge in [0, 0.05) is 31.6 Å². The summed E-state index contributed by atoms with van der Waals surface area (Å²) in [5.41, 5.74) is 7.07. The number of pyridine rings is 1. The summed E-state index contributed by atoms with van der Waals surface area (Å²) in [4.78, 5) is 0.386. The van der Waals surface area contributed by atoms with E-state index in [4.69, 9.17) is 9.47 Å². The van der Waals surface area contributed by atoms with Gasteiger partial charge in [-0.15, -0.1) is 0 Å². The first-order valence-corrected chi connectivity index (χ1v) is 20.8. The lowest BCUT2D eigenvalue weighted by Crippen LogP contribution is -2.23. The molecule has 0 N–H and O–H groups in total. The zero-order valence-corrected chi connectivity index (χ0v) is 36.0. The van der Waals surface area contributed by atoms with Gasteiger partial charge in [0.25, 0.3) is 0 Å². The normalized spacial score (nSPS) is 11.8. The summed E-state index contributed by atoms with van der Waals surface area (Å²) in [6, 6.07) is 21.0. The molecule has 10 nitrogen and oxygen atoms in total. The number of fused-ring (bicyclic) bond motifs is 1. The van der Waals surface area contributed by atoms with Crippen LogP contribution in [0.15, 0.2) is 96.4 Å². The average molecular weight is 774 g/mol. The molecule has 0 aliphatic carbocycles. The van der Waals surface area contributed by atoms with Crippen molar-refractivity contribution in [3.05, 3.63) is 130 Å². The fraction of sp³-hybridized carbons (Fsp3) is 0.455. The van der Waals surface area contributed by atoms with Crippen molar-refractivity contribution in [1.29, 1.82) is 0 Å². The van der Waals surface area contributed by atoms with Crippen molar-refractivity contribution in [3.8, 4) is 11.5 Å². The van der Waals surface area contributed by atoms with E-state index < -0.39 is 9.84 Å². The molecule has 0 amide bonds. The molecule has 0 fully saturated rings. The summed E-state index contributed by atoms with van der Waals surface area (Å²) < 4.78 is 35.8. The van der Waals surface area contributed by atoms with Gasteiger partial charge in [0.1, 0.15) is 13.2 Å². The van der Waals surface area contributed by atoms with Crippen LogP contribution in [0.25, 0.3) is 0 Å². The molecule has 1 aliphatic heterocycles. The Kier molecular flexibility index (Phi) is 19.0. The van der Waals surface area contributed by atoms with Crippen LogP contribution in [0.2, 0.25) is 0 Å². The van der Waals surface area contributed by atoms with Gasteiger partial charge < -0.3 is 14.7 Å². The van der Waals surface area contributed by atoms with E-state index in [2.05, 4.69) is 103 Å². The monoisotopic (exact) mass is 773 g/mol. The number of aryl methyl sites for hydroxylation is 2. The van der Waals surface area contributed by atoms with E-state index in [-0.39, 0.29) is 0 Å². The molecule has 3 aromatic heterocycles. The van der Waals surface area contributed by atoms with Gasteiger partial charge >= 0.3 is 0 Å². The van der Waals surface area contributed by atoms with Crippen LogP contribution < -0.4 is 14.2 Å². The second kappa shape index (κ2) is 22.6. The van der Waals surface area contributed by atoms with Crippen molar-refractivity contribution in [1.82, 2.24) is 20.0 Å². The molecule has 0 radical (unpaired) electrons. The topological polar surface area (TPSA) is 123 Å². The van der Waals surface area contributed by atoms with Crippen LogP contribution in [0.1, 0.15) is 132 Å². The van der Waals surface area contributed by atoms with Gasteiger partial charge in [0.05, 0.1) is 22.5 Å². The van der Waals surface area contributed by atoms with Gasteiger partial charge in [-0.2, -0.15) is 20.0 Å². The molecular formula is C44H63N5O5S. The third-order valence-electron chi connectivity index (χ3n) is 8.49. The van der Waals surface area contributed by atoms with E-state index in [1.165, 1.54) is 35.3 Å². The predicted octanol–water partition coefficient (Wildman–Crippen LogP) is 9.69. The highest BCUT2D eigenvalue weighted by Crippen LogP contribution is 2.32. The Morgan fingerprint density at radius 1 is 0.673 bits per heavy atom. The largest absolute Gasteiger partial charge is 0.619 e. The Bertz CT molecular complexity index is 1950. The highest BCUT2D eigenvalue weighted by atomic mass is 32.2. The van der Waals surface area contributed by atoms with E-state index in [0.29, 0.717) is 47.7 Å². The van der Waals surface area contributed by atoms with Gasteiger partial charge in [-0.1, -0.05) is 87.4 Å². The summed E-state index contributed by atoms with van der Waals surface area (Å²) in [5.74, 6) is 4.33.